The van der Waals surface area contributed by atoms with E-state index in [1.807, 2.05) is 30.3 Å². The van der Waals surface area contributed by atoms with Crippen LogP contribution in [0.5, 0.6) is 5.75 Å². The van der Waals surface area contributed by atoms with Crippen molar-refractivity contribution in [2.45, 2.75) is 13.0 Å². The third-order valence-electron chi connectivity index (χ3n) is 7.83. The zero-order chi connectivity index (χ0) is 24.1. The van der Waals surface area contributed by atoms with Crippen LogP contribution in [0.25, 0.3) is 0 Å². The molecule has 7 heteroatoms. The number of hydrogen-bond donors (Lipinski definition) is 0. The number of benzene rings is 2. The molecule has 1 heterocycles. The van der Waals surface area contributed by atoms with Gasteiger partial charge in [-0.25, -0.2) is 0 Å². The van der Waals surface area contributed by atoms with E-state index in [2.05, 4.69) is 12.2 Å². The van der Waals surface area contributed by atoms with Gasteiger partial charge in [-0.15, -0.1) is 0 Å². The first-order valence-corrected chi connectivity index (χ1v) is 12.0. The lowest BCUT2D eigenvalue weighted by atomic mass is 9.63. The van der Waals surface area contributed by atoms with Gasteiger partial charge in [-0.3, -0.25) is 24.1 Å². The molecule has 7 rings (SSSR count). The lowest BCUT2D eigenvalue weighted by Crippen LogP contribution is -2.40. The van der Waals surface area contributed by atoms with E-state index in [-0.39, 0.29) is 41.3 Å². The molecule has 0 N–H and O–H groups in total. The van der Waals surface area contributed by atoms with Crippen LogP contribution < -0.4 is 4.74 Å². The van der Waals surface area contributed by atoms with Crippen molar-refractivity contribution in [2.24, 2.45) is 35.5 Å². The Morgan fingerprint density at radius 3 is 2.11 bits per heavy atom. The number of esters is 1. The predicted octanol–water partition coefficient (Wildman–Crippen LogP) is 3.04. The van der Waals surface area contributed by atoms with Gasteiger partial charge in [0.05, 0.1) is 11.8 Å². The second kappa shape index (κ2) is 8.48. The molecule has 2 saturated carbocycles. The summed E-state index contributed by atoms with van der Waals surface area (Å²) in [6.07, 6.45) is 5.26. The molecule has 2 amide bonds. The van der Waals surface area contributed by atoms with Gasteiger partial charge >= 0.3 is 5.97 Å². The van der Waals surface area contributed by atoms with E-state index in [1.54, 1.807) is 24.3 Å². The highest BCUT2D eigenvalue weighted by molar-refractivity contribution is 6.08. The minimum Gasteiger partial charge on any atom is -0.489 e. The van der Waals surface area contributed by atoms with Crippen LogP contribution in [0.3, 0.4) is 0 Å². The standard InChI is InChI=1S/C28H25NO6/c30-23(17-6-8-18(9-7-17)34-14-16-4-2-1-3-5-16)15-35-24(31)13-29-27(32)25-19-10-11-20(22-12-21(19)22)26(25)28(29)33/h1-11,19-22,25-26H,12-15H2/t19-,20-,21-,22-,25-,26+/m1/s1. The minimum atomic E-state index is -0.757. The number of carbonyl (C=O) groups is 4. The fourth-order valence-corrected chi connectivity index (χ4v) is 6.06. The fraction of sp³-hybridized carbons (Fsp3) is 0.357. The smallest absolute Gasteiger partial charge is 0.326 e. The molecule has 6 atom stereocenters. The van der Waals surface area contributed by atoms with Crippen molar-refractivity contribution in [2.75, 3.05) is 13.2 Å². The summed E-state index contributed by atoms with van der Waals surface area (Å²) in [7, 11) is 0. The maximum atomic E-state index is 13.0. The van der Waals surface area contributed by atoms with E-state index in [4.69, 9.17) is 9.47 Å². The van der Waals surface area contributed by atoms with E-state index >= 15 is 0 Å². The van der Waals surface area contributed by atoms with E-state index in [1.165, 1.54) is 0 Å². The van der Waals surface area contributed by atoms with Crippen LogP contribution in [0.2, 0.25) is 0 Å². The Balaban J connectivity index is 1.01. The number of Topliss-reactive ketones (excluding diaryl/α,β-unsaturated/α-hetero) is 1. The third-order valence-corrected chi connectivity index (χ3v) is 7.83. The van der Waals surface area contributed by atoms with Crippen molar-refractivity contribution < 1.29 is 28.7 Å². The zero-order valence-corrected chi connectivity index (χ0v) is 19.0. The second-order valence-corrected chi connectivity index (χ2v) is 9.80. The molecule has 2 aromatic rings. The van der Waals surface area contributed by atoms with Gasteiger partial charge in [0.25, 0.3) is 0 Å². The first-order valence-electron chi connectivity index (χ1n) is 12.0. The summed E-state index contributed by atoms with van der Waals surface area (Å²) in [5.41, 5.74) is 1.42. The van der Waals surface area contributed by atoms with E-state index in [9.17, 15) is 19.2 Å². The number of likely N-dealkylation sites (tertiary alicyclic amines) is 1. The number of allylic oxidation sites excluding steroid dienone is 2. The summed E-state index contributed by atoms with van der Waals surface area (Å²) in [6.45, 7) is -0.484. The summed E-state index contributed by atoms with van der Waals surface area (Å²) in [4.78, 5) is 51.8. The predicted molar refractivity (Wildman–Crippen MR) is 124 cm³/mol. The van der Waals surface area contributed by atoms with Crippen LogP contribution in [0.1, 0.15) is 22.3 Å². The average molecular weight is 472 g/mol. The van der Waals surface area contributed by atoms with Gasteiger partial charge < -0.3 is 9.47 Å². The molecule has 0 unspecified atom stereocenters. The number of rotatable bonds is 8. The number of ketones is 1. The van der Waals surface area contributed by atoms with Crippen molar-refractivity contribution in [3.63, 3.8) is 0 Å². The topological polar surface area (TPSA) is 90.0 Å². The molecule has 0 aromatic heterocycles. The molecular formula is C28H25NO6. The monoisotopic (exact) mass is 471 g/mol. The molecule has 178 valence electrons. The van der Waals surface area contributed by atoms with Crippen molar-refractivity contribution in [1.29, 1.82) is 0 Å². The summed E-state index contributed by atoms with van der Waals surface area (Å²) < 4.78 is 10.8. The Bertz CT molecular complexity index is 1180. The van der Waals surface area contributed by atoms with Crippen LogP contribution in [0.4, 0.5) is 0 Å². The summed E-state index contributed by atoms with van der Waals surface area (Å²) in [5, 5.41) is 0. The van der Waals surface area contributed by atoms with Crippen LogP contribution in [-0.4, -0.2) is 41.6 Å². The molecule has 1 saturated heterocycles. The highest BCUT2D eigenvalue weighted by Crippen LogP contribution is 2.65. The number of imide groups is 1. The molecule has 3 fully saturated rings. The van der Waals surface area contributed by atoms with Gasteiger partial charge in [-0.05, 0) is 59.9 Å². The lowest BCUT2D eigenvalue weighted by molar-refractivity contribution is -0.152. The Morgan fingerprint density at radius 2 is 1.49 bits per heavy atom. The fourth-order valence-electron chi connectivity index (χ4n) is 6.06. The minimum absolute atomic E-state index is 0.105. The SMILES string of the molecule is O=C(CN1C(=O)[C@@H]2[C@@H]3C=C[C@H]([C@H]4C[C@H]34)[C@@H]2C1=O)OCC(=O)c1ccc(OCc2ccccc2)cc1. The van der Waals surface area contributed by atoms with Crippen LogP contribution in [-0.2, 0) is 25.7 Å². The van der Waals surface area contributed by atoms with Crippen molar-refractivity contribution >= 4 is 23.6 Å². The summed E-state index contributed by atoms with van der Waals surface area (Å²) in [5.74, 6) is -0.548. The van der Waals surface area contributed by atoms with Crippen LogP contribution in [0, 0.1) is 35.5 Å². The molecule has 7 nitrogen and oxygen atoms in total. The van der Waals surface area contributed by atoms with Gasteiger partial charge in [0, 0.05) is 5.56 Å². The molecule has 1 aliphatic heterocycles. The largest absolute Gasteiger partial charge is 0.489 e. The molecular weight excluding hydrogens is 446 g/mol. The van der Waals surface area contributed by atoms with Gasteiger partial charge in [-0.1, -0.05) is 42.5 Å². The molecule has 0 radical (unpaired) electrons. The molecule has 35 heavy (non-hydrogen) atoms. The van der Waals surface area contributed by atoms with E-state index < -0.39 is 19.1 Å². The third kappa shape index (κ3) is 3.85. The van der Waals surface area contributed by atoms with Gasteiger partial charge in [0.1, 0.15) is 18.9 Å². The van der Waals surface area contributed by atoms with Crippen LogP contribution in [0.15, 0.2) is 66.7 Å². The van der Waals surface area contributed by atoms with E-state index in [0.717, 1.165) is 16.9 Å². The van der Waals surface area contributed by atoms with Gasteiger partial charge in [0.2, 0.25) is 11.8 Å². The maximum Gasteiger partial charge on any atom is 0.326 e. The number of hydrogen-bond acceptors (Lipinski definition) is 6. The Morgan fingerprint density at radius 1 is 0.857 bits per heavy atom. The quantitative estimate of drug-likeness (QED) is 0.254. The molecule has 5 aliphatic rings. The highest BCUT2D eigenvalue weighted by atomic mass is 16.5. The highest BCUT2D eigenvalue weighted by Gasteiger charge is 2.67. The first kappa shape index (κ1) is 21.8. The second-order valence-electron chi connectivity index (χ2n) is 9.80. The maximum absolute atomic E-state index is 13.0. The number of nitrogens with zero attached hydrogens (tertiary/aromatic N) is 1. The van der Waals surface area contributed by atoms with Gasteiger partial charge in [-0.2, -0.15) is 0 Å². The van der Waals surface area contributed by atoms with Gasteiger partial charge in [0.15, 0.2) is 12.4 Å². The Labute approximate surface area is 202 Å². The number of carbonyl (C=O) groups excluding carboxylic acids is 4. The molecule has 4 aliphatic carbocycles. The molecule has 0 spiro atoms. The van der Waals surface area contributed by atoms with Crippen molar-refractivity contribution in [1.82, 2.24) is 4.90 Å². The summed E-state index contributed by atoms with van der Waals surface area (Å²) in [6, 6.07) is 16.3. The number of ether oxygens (including phenoxy) is 2. The molecule has 2 aromatic carbocycles. The average Bonchev–Trinajstić information content (AvgIpc) is 3.68. The van der Waals surface area contributed by atoms with Crippen molar-refractivity contribution in [3.8, 4) is 5.75 Å². The number of amides is 2. The first-order chi connectivity index (χ1) is 17.0. The van der Waals surface area contributed by atoms with Crippen LogP contribution >= 0.6 is 0 Å². The lowest BCUT2D eigenvalue weighted by Gasteiger charge is -2.37. The van der Waals surface area contributed by atoms with Crippen molar-refractivity contribution in [3.05, 3.63) is 77.9 Å². The normalized spacial score (nSPS) is 29.5. The molecule has 2 bridgehead atoms. The zero-order valence-electron chi connectivity index (χ0n) is 19.0. The Kier molecular flexibility index (Phi) is 5.28. The summed E-state index contributed by atoms with van der Waals surface area (Å²) >= 11 is 0. The Hall–Kier alpha value is -3.74. The van der Waals surface area contributed by atoms with E-state index in [0.29, 0.717) is 29.8 Å².